The van der Waals surface area contributed by atoms with Crippen molar-refractivity contribution in [2.24, 2.45) is 0 Å². The molecule has 0 aromatic heterocycles. The largest absolute Gasteiger partial charge is 0.291 e. The Morgan fingerprint density at radius 1 is 0.750 bits per heavy atom. The summed E-state index contributed by atoms with van der Waals surface area (Å²) in [7, 11) is 0. The lowest BCUT2D eigenvalue weighted by Crippen LogP contribution is -2.20. The van der Waals surface area contributed by atoms with E-state index < -0.39 is 2.14 Å². The molecule has 0 atom stereocenters. The van der Waals surface area contributed by atoms with Crippen LogP contribution in [0.25, 0.3) is 0 Å². The van der Waals surface area contributed by atoms with E-state index in [2.05, 4.69) is 47.8 Å². The van der Waals surface area contributed by atoms with Crippen LogP contribution in [0.5, 0.6) is 0 Å². The van der Waals surface area contributed by atoms with Crippen molar-refractivity contribution in [3.8, 4) is 0 Å². The SMILES string of the molecule is O=C(c1ccccc1)c1ccccc1C(=O)C(Br)(Br)Br. The van der Waals surface area contributed by atoms with Crippen molar-refractivity contribution in [1.82, 2.24) is 0 Å². The standard InChI is InChI=1S/C15H9Br3O2/c16-15(17,18)14(20)12-9-5-4-8-11(12)13(19)10-6-2-1-3-7-10/h1-9H. The van der Waals surface area contributed by atoms with Crippen molar-refractivity contribution >= 4 is 59.4 Å². The molecule has 2 nitrogen and oxygen atoms in total. The molecule has 0 fully saturated rings. The molecule has 0 radical (unpaired) electrons. The number of carbonyl (C=O) groups is 2. The average Bonchev–Trinajstić information content (AvgIpc) is 2.45. The molecule has 0 saturated heterocycles. The first-order chi connectivity index (χ1) is 9.41. The van der Waals surface area contributed by atoms with E-state index in [1.54, 1.807) is 48.5 Å². The van der Waals surface area contributed by atoms with E-state index in [4.69, 9.17) is 0 Å². The van der Waals surface area contributed by atoms with Crippen LogP contribution in [0, 0.1) is 0 Å². The Hall–Kier alpha value is -0.780. The third-order valence-corrected chi connectivity index (χ3v) is 3.79. The van der Waals surface area contributed by atoms with E-state index in [0.29, 0.717) is 16.7 Å². The zero-order valence-electron chi connectivity index (χ0n) is 10.1. The summed E-state index contributed by atoms with van der Waals surface area (Å²) in [6, 6.07) is 15.6. The van der Waals surface area contributed by atoms with Crippen molar-refractivity contribution in [1.29, 1.82) is 0 Å². The fraction of sp³-hybridized carbons (Fsp3) is 0.0667. The molecule has 2 aromatic carbocycles. The molecule has 0 spiro atoms. The molecule has 5 heteroatoms. The number of hydrogen-bond donors (Lipinski definition) is 0. The lowest BCUT2D eigenvalue weighted by Gasteiger charge is -2.13. The molecule has 0 unspecified atom stereocenters. The fourth-order valence-electron chi connectivity index (χ4n) is 1.78. The van der Waals surface area contributed by atoms with Crippen molar-refractivity contribution < 1.29 is 9.59 Å². The van der Waals surface area contributed by atoms with Gasteiger partial charge in [-0.3, -0.25) is 9.59 Å². The van der Waals surface area contributed by atoms with E-state index in [-0.39, 0.29) is 11.6 Å². The highest BCUT2D eigenvalue weighted by Gasteiger charge is 2.32. The highest BCUT2D eigenvalue weighted by molar-refractivity contribution is 9.40. The summed E-state index contributed by atoms with van der Waals surface area (Å²) < 4.78 is -1.07. The first-order valence-electron chi connectivity index (χ1n) is 5.71. The number of benzene rings is 2. The van der Waals surface area contributed by atoms with Gasteiger partial charge in [0.2, 0.25) is 5.78 Å². The summed E-state index contributed by atoms with van der Waals surface area (Å²) in [5, 5.41) is 0. The maximum absolute atomic E-state index is 12.5. The maximum Gasteiger partial charge on any atom is 0.201 e. The van der Waals surface area contributed by atoms with Gasteiger partial charge < -0.3 is 0 Å². The highest BCUT2D eigenvalue weighted by atomic mass is 80.0. The minimum absolute atomic E-state index is 0.175. The molecule has 0 heterocycles. The number of alkyl halides is 3. The Morgan fingerprint density at radius 3 is 1.80 bits per heavy atom. The normalized spacial score (nSPS) is 11.2. The van der Waals surface area contributed by atoms with Crippen LogP contribution in [0.1, 0.15) is 26.3 Å². The van der Waals surface area contributed by atoms with E-state index >= 15 is 0 Å². The summed E-state index contributed by atoms with van der Waals surface area (Å²) in [4.78, 5) is 24.8. The van der Waals surface area contributed by atoms with Crippen molar-refractivity contribution in [3.63, 3.8) is 0 Å². The van der Waals surface area contributed by atoms with Gasteiger partial charge in [0.25, 0.3) is 0 Å². The Labute approximate surface area is 142 Å². The molecule has 0 saturated carbocycles. The maximum atomic E-state index is 12.5. The third kappa shape index (κ3) is 3.45. The van der Waals surface area contributed by atoms with Crippen LogP contribution in [-0.4, -0.2) is 13.7 Å². The van der Waals surface area contributed by atoms with Crippen molar-refractivity contribution in [3.05, 3.63) is 71.3 Å². The van der Waals surface area contributed by atoms with Gasteiger partial charge in [0.05, 0.1) is 0 Å². The number of ketones is 2. The van der Waals surface area contributed by atoms with Gasteiger partial charge in [0.15, 0.2) is 7.93 Å². The smallest absolute Gasteiger partial charge is 0.201 e. The van der Waals surface area contributed by atoms with Gasteiger partial charge in [0.1, 0.15) is 0 Å². The molecule has 0 N–H and O–H groups in total. The molecule has 2 aromatic rings. The quantitative estimate of drug-likeness (QED) is 0.480. The third-order valence-electron chi connectivity index (χ3n) is 2.71. The summed E-state index contributed by atoms with van der Waals surface area (Å²) >= 11 is 9.58. The second-order valence-electron chi connectivity index (χ2n) is 4.07. The molecule has 0 bridgehead atoms. The summed E-state index contributed by atoms with van der Waals surface area (Å²) in [6.07, 6.45) is 0. The van der Waals surface area contributed by atoms with Gasteiger partial charge in [0, 0.05) is 16.7 Å². The van der Waals surface area contributed by atoms with Crippen LogP contribution in [-0.2, 0) is 0 Å². The zero-order chi connectivity index (χ0) is 14.8. The number of rotatable bonds is 3. The number of halogens is 3. The minimum atomic E-state index is -1.07. The monoisotopic (exact) mass is 458 g/mol. The molecule has 0 aliphatic heterocycles. The molecule has 0 aliphatic carbocycles. The van der Waals surface area contributed by atoms with E-state index in [1.807, 2.05) is 6.07 Å². The van der Waals surface area contributed by atoms with Crippen LogP contribution in [0.4, 0.5) is 0 Å². The Morgan fingerprint density at radius 2 is 1.25 bits per heavy atom. The van der Waals surface area contributed by atoms with Crippen LogP contribution in [0.3, 0.4) is 0 Å². The Bertz CT molecular complexity index is 646. The van der Waals surface area contributed by atoms with Gasteiger partial charge in [-0.2, -0.15) is 0 Å². The second kappa shape index (κ2) is 6.33. The number of hydrogen-bond acceptors (Lipinski definition) is 2. The van der Waals surface area contributed by atoms with Gasteiger partial charge in [-0.25, -0.2) is 0 Å². The fourth-order valence-corrected chi connectivity index (χ4v) is 2.42. The summed E-state index contributed by atoms with van der Waals surface area (Å²) in [6.45, 7) is 0. The van der Waals surface area contributed by atoms with Gasteiger partial charge in [-0.15, -0.1) is 0 Å². The molecular formula is C15H9Br3O2. The first kappa shape index (κ1) is 15.6. The molecule has 2 rings (SSSR count). The van der Waals surface area contributed by atoms with Crippen LogP contribution in [0.2, 0.25) is 0 Å². The topological polar surface area (TPSA) is 34.1 Å². The molecule has 0 aliphatic rings. The van der Waals surface area contributed by atoms with E-state index in [9.17, 15) is 9.59 Å². The predicted octanol–water partition coefficient (Wildman–Crippen LogP) is 4.94. The van der Waals surface area contributed by atoms with Crippen molar-refractivity contribution in [2.75, 3.05) is 0 Å². The summed E-state index contributed by atoms with van der Waals surface area (Å²) in [5.74, 6) is -0.441. The molecular weight excluding hydrogens is 452 g/mol. The lowest BCUT2D eigenvalue weighted by atomic mass is 9.96. The minimum Gasteiger partial charge on any atom is -0.291 e. The number of carbonyl (C=O) groups excluding carboxylic acids is 2. The van der Waals surface area contributed by atoms with E-state index in [0.717, 1.165) is 0 Å². The van der Waals surface area contributed by atoms with Gasteiger partial charge in [-0.05, 0) is 0 Å². The van der Waals surface area contributed by atoms with E-state index in [1.165, 1.54) is 0 Å². The summed E-state index contributed by atoms with van der Waals surface area (Å²) in [5.41, 5.74) is 1.29. The second-order valence-corrected chi connectivity index (χ2v) is 10.8. The molecule has 0 amide bonds. The lowest BCUT2D eigenvalue weighted by molar-refractivity contribution is 0.0986. The predicted molar refractivity (Wildman–Crippen MR) is 90.2 cm³/mol. The average molecular weight is 461 g/mol. The molecule has 20 heavy (non-hydrogen) atoms. The first-order valence-corrected chi connectivity index (χ1v) is 8.09. The molecule has 102 valence electrons. The van der Waals surface area contributed by atoms with Crippen LogP contribution >= 0.6 is 47.8 Å². The zero-order valence-corrected chi connectivity index (χ0v) is 14.9. The van der Waals surface area contributed by atoms with Gasteiger partial charge in [-0.1, -0.05) is 102 Å². The van der Waals surface area contributed by atoms with Crippen LogP contribution in [0.15, 0.2) is 54.6 Å². The van der Waals surface area contributed by atoms with Crippen LogP contribution < -0.4 is 0 Å². The highest BCUT2D eigenvalue weighted by Crippen LogP contribution is 2.37. The Balaban J connectivity index is 2.49. The Kier molecular flexibility index (Phi) is 4.94. The number of Topliss-reactive ketones (excluding diaryl/α,β-unsaturated/α-hetero) is 1. The van der Waals surface area contributed by atoms with Gasteiger partial charge >= 0.3 is 0 Å². The van der Waals surface area contributed by atoms with Crippen molar-refractivity contribution in [2.45, 2.75) is 2.14 Å².